The lowest BCUT2D eigenvalue weighted by atomic mass is 10.0. The van der Waals surface area contributed by atoms with Crippen LogP contribution in [0.2, 0.25) is 0 Å². The van der Waals surface area contributed by atoms with E-state index in [0.717, 1.165) is 38.9 Å². The third-order valence-electron chi connectivity index (χ3n) is 7.06. The highest BCUT2D eigenvalue weighted by atomic mass is 32.2. The van der Waals surface area contributed by atoms with E-state index in [-0.39, 0.29) is 0 Å². The fraction of sp³-hybridized carbons (Fsp3) is 0.538. The normalized spacial score (nSPS) is 20.2. The first-order chi connectivity index (χ1) is 15.8. The maximum atomic E-state index is 5.53. The Morgan fingerprint density at radius 2 is 1.66 bits per heavy atom. The molecule has 0 aliphatic carbocycles. The number of fused-ring (bicyclic) bond motifs is 2. The van der Waals surface area contributed by atoms with Gasteiger partial charge in [-0.3, -0.25) is 4.90 Å². The third-order valence-corrected chi connectivity index (χ3v) is 8.91. The summed E-state index contributed by atoms with van der Waals surface area (Å²) < 4.78 is 5.53. The first-order valence-corrected chi connectivity index (χ1v) is 14.1. The number of ether oxygens (including phenoxy) is 1. The van der Waals surface area contributed by atoms with Crippen molar-refractivity contribution in [3.63, 3.8) is 0 Å². The van der Waals surface area contributed by atoms with Crippen LogP contribution in [0, 0.1) is 0 Å². The van der Waals surface area contributed by atoms with E-state index in [9.17, 15) is 0 Å². The summed E-state index contributed by atoms with van der Waals surface area (Å²) in [5.74, 6) is 0. The lowest BCUT2D eigenvalue weighted by Gasteiger charge is -2.40. The van der Waals surface area contributed by atoms with Crippen molar-refractivity contribution in [1.82, 2.24) is 9.80 Å². The van der Waals surface area contributed by atoms with Gasteiger partial charge in [0.2, 0.25) is 0 Å². The van der Waals surface area contributed by atoms with Crippen LogP contribution in [0.25, 0.3) is 0 Å². The van der Waals surface area contributed by atoms with Crippen molar-refractivity contribution < 1.29 is 4.74 Å². The minimum absolute atomic E-state index is 0.777. The smallest absolute Gasteiger partial charge is 0.0594 e. The standard InChI is InChI=1S/C26H35N3OS2/c1-31-22-8-9-26-24(20-22)29(23-6-2-3-7-25(23)32-26)13-5-4-12-27-14-10-21(11-15-27)28-16-18-30-19-17-28/h2-3,6-9,20-21H,4-5,10-19H2,1H3. The van der Waals surface area contributed by atoms with E-state index in [0.29, 0.717) is 0 Å². The number of anilines is 2. The predicted molar refractivity (Wildman–Crippen MR) is 137 cm³/mol. The SMILES string of the molecule is CSc1ccc2c(c1)N(CCCCN1CCC(N3CCOCC3)CC1)c1ccccc1S2. The monoisotopic (exact) mass is 469 g/mol. The molecule has 4 nitrogen and oxygen atoms in total. The second-order valence-corrected chi connectivity index (χ2v) is 10.9. The molecule has 0 radical (unpaired) electrons. The minimum atomic E-state index is 0.777. The Morgan fingerprint density at radius 3 is 2.47 bits per heavy atom. The summed E-state index contributed by atoms with van der Waals surface area (Å²) in [4.78, 5) is 12.0. The number of hydrogen-bond acceptors (Lipinski definition) is 6. The maximum absolute atomic E-state index is 5.53. The van der Waals surface area contributed by atoms with Crippen molar-refractivity contribution in [3.05, 3.63) is 42.5 Å². The highest BCUT2D eigenvalue weighted by Gasteiger charge is 2.26. The van der Waals surface area contributed by atoms with E-state index in [1.54, 1.807) is 0 Å². The molecule has 0 aromatic heterocycles. The quantitative estimate of drug-likeness (QED) is 0.386. The van der Waals surface area contributed by atoms with E-state index in [4.69, 9.17) is 4.74 Å². The van der Waals surface area contributed by atoms with Crippen molar-refractivity contribution in [2.45, 2.75) is 46.4 Å². The van der Waals surface area contributed by atoms with Gasteiger partial charge in [0.05, 0.1) is 24.6 Å². The second kappa shape index (κ2) is 10.8. The highest BCUT2D eigenvalue weighted by Crippen LogP contribution is 2.48. The molecule has 0 spiro atoms. The molecule has 3 heterocycles. The summed E-state index contributed by atoms with van der Waals surface area (Å²) in [7, 11) is 0. The molecule has 5 rings (SSSR count). The Balaban J connectivity index is 1.15. The molecule has 0 saturated carbocycles. The molecule has 6 heteroatoms. The van der Waals surface area contributed by atoms with Crippen LogP contribution in [0.3, 0.4) is 0 Å². The van der Waals surface area contributed by atoms with E-state index >= 15 is 0 Å². The number of thioether (sulfide) groups is 1. The van der Waals surface area contributed by atoms with Gasteiger partial charge >= 0.3 is 0 Å². The first-order valence-electron chi connectivity index (χ1n) is 12.1. The minimum Gasteiger partial charge on any atom is -0.379 e. The fourth-order valence-corrected chi connectivity index (χ4v) is 6.74. The highest BCUT2D eigenvalue weighted by molar-refractivity contribution is 8.00. The molecule has 2 saturated heterocycles. The van der Waals surface area contributed by atoms with Crippen LogP contribution in [0.4, 0.5) is 11.4 Å². The number of nitrogens with zero attached hydrogens (tertiary/aromatic N) is 3. The Bertz CT molecular complexity index is 894. The number of para-hydroxylation sites is 1. The Hall–Kier alpha value is -1.18. The molecular weight excluding hydrogens is 434 g/mol. The number of rotatable bonds is 7. The van der Waals surface area contributed by atoms with Crippen LogP contribution in [0.15, 0.2) is 57.2 Å². The zero-order valence-electron chi connectivity index (χ0n) is 19.2. The summed E-state index contributed by atoms with van der Waals surface area (Å²) in [5.41, 5.74) is 2.75. The molecule has 2 aromatic rings. The van der Waals surface area contributed by atoms with E-state index < -0.39 is 0 Å². The van der Waals surface area contributed by atoms with Crippen molar-refractivity contribution >= 4 is 34.9 Å². The van der Waals surface area contributed by atoms with Crippen molar-refractivity contribution in [3.8, 4) is 0 Å². The largest absolute Gasteiger partial charge is 0.379 e. The molecule has 2 fully saturated rings. The molecule has 0 N–H and O–H groups in total. The summed E-state index contributed by atoms with van der Waals surface area (Å²) in [6.07, 6.45) is 7.30. The van der Waals surface area contributed by atoms with Crippen molar-refractivity contribution in [2.24, 2.45) is 0 Å². The molecule has 0 bridgehead atoms. The van der Waals surface area contributed by atoms with Gasteiger partial charge in [-0.1, -0.05) is 23.9 Å². The maximum Gasteiger partial charge on any atom is 0.0594 e. The van der Waals surface area contributed by atoms with Gasteiger partial charge in [-0.05, 0) is 81.9 Å². The van der Waals surface area contributed by atoms with Gasteiger partial charge < -0.3 is 14.5 Å². The molecular formula is C26H35N3OS2. The summed E-state index contributed by atoms with van der Waals surface area (Å²) in [6, 6.07) is 16.6. The Morgan fingerprint density at radius 1 is 0.906 bits per heavy atom. The van der Waals surface area contributed by atoms with Gasteiger partial charge in [0.15, 0.2) is 0 Å². The van der Waals surface area contributed by atoms with Gasteiger partial charge in [-0.25, -0.2) is 0 Å². The number of piperidine rings is 1. The van der Waals surface area contributed by atoms with Crippen LogP contribution in [0.1, 0.15) is 25.7 Å². The Kier molecular flexibility index (Phi) is 7.65. The van der Waals surface area contributed by atoms with Crippen LogP contribution in [-0.4, -0.2) is 74.6 Å². The lowest BCUT2D eigenvalue weighted by Crippen LogP contribution is -2.49. The summed E-state index contributed by atoms with van der Waals surface area (Å²) in [5, 5.41) is 0. The van der Waals surface area contributed by atoms with Crippen molar-refractivity contribution in [1.29, 1.82) is 0 Å². The molecule has 3 aliphatic rings. The zero-order chi connectivity index (χ0) is 21.8. The average Bonchev–Trinajstić information content (AvgIpc) is 2.86. The average molecular weight is 470 g/mol. The number of morpholine rings is 1. The third kappa shape index (κ3) is 5.15. The predicted octanol–water partition coefficient (Wildman–Crippen LogP) is 5.59. The number of hydrogen-bond donors (Lipinski definition) is 0. The lowest BCUT2D eigenvalue weighted by molar-refractivity contribution is 0.000827. The fourth-order valence-electron chi connectivity index (χ4n) is 5.23. The topological polar surface area (TPSA) is 19.0 Å². The molecule has 0 amide bonds. The first kappa shape index (κ1) is 22.6. The second-order valence-electron chi connectivity index (χ2n) is 8.98. The van der Waals surface area contributed by atoms with E-state index in [1.807, 2.05) is 23.5 Å². The van der Waals surface area contributed by atoms with Gasteiger partial charge in [-0.15, -0.1) is 11.8 Å². The Labute approximate surface area is 201 Å². The number of unbranched alkanes of at least 4 members (excludes halogenated alkanes) is 1. The van der Waals surface area contributed by atoms with Gasteiger partial charge in [-0.2, -0.15) is 0 Å². The van der Waals surface area contributed by atoms with Gasteiger partial charge in [0.1, 0.15) is 0 Å². The molecule has 0 atom stereocenters. The van der Waals surface area contributed by atoms with Crippen LogP contribution >= 0.6 is 23.5 Å². The molecule has 32 heavy (non-hydrogen) atoms. The van der Waals surface area contributed by atoms with Crippen LogP contribution in [0.5, 0.6) is 0 Å². The number of benzene rings is 2. The van der Waals surface area contributed by atoms with Gasteiger partial charge in [0, 0.05) is 40.4 Å². The zero-order valence-corrected chi connectivity index (χ0v) is 20.8. The van der Waals surface area contributed by atoms with Crippen LogP contribution < -0.4 is 4.90 Å². The van der Waals surface area contributed by atoms with E-state index in [2.05, 4.69) is 63.4 Å². The van der Waals surface area contributed by atoms with E-state index in [1.165, 1.54) is 71.4 Å². The number of likely N-dealkylation sites (tertiary alicyclic amines) is 1. The molecule has 0 unspecified atom stereocenters. The van der Waals surface area contributed by atoms with Crippen LogP contribution in [-0.2, 0) is 4.74 Å². The summed E-state index contributed by atoms with van der Waals surface area (Å²) in [6.45, 7) is 8.92. The molecule has 172 valence electrons. The summed E-state index contributed by atoms with van der Waals surface area (Å²) >= 11 is 3.74. The molecule has 2 aromatic carbocycles. The van der Waals surface area contributed by atoms with Gasteiger partial charge in [0.25, 0.3) is 0 Å². The molecule has 3 aliphatic heterocycles. The van der Waals surface area contributed by atoms with Crippen molar-refractivity contribution in [2.75, 3.05) is 63.6 Å².